The van der Waals surface area contributed by atoms with Crippen molar-refractivity contribution >= 4 is 23.4 Å². The van der Waals surface area contributed by atoms with Crippen LogP contribution in [-0.4, -0.2) is 33.5 Å². The number of hydrogen-bond acceptors (Lipinski definition) is 5. The molecule has 0 radical (unpaired) electrons. The van der Waals surface area contributed by atoms with Crippen molar-refractivity contribution < 1.29 is 9.53 Å². The molecule has 0 aliphatic rings. The van der Waals surface area contributed by atoms with Gasteiger partial charge in [-0.2, -0.15) is 0 Å². The molecule has 2 aromatic carbocycles. The first-order valence-electron chi connectivity index (χ1n) is 9.10. The average molecular weight is 397 g/mol. The van der Waals surface area contributed by atoms with Gasteiger partial charge in [0, 0.05) is 12.2 Å². The van der Waals surface area contributed by atoms with Crippen molar-refractivity contribution in [3.63, 3.8) is 0 Å². The van der Waals surface area contributed by atoms with E-state index in [1.54, 1.807) is 7.11 Å². The standard InChI is InChI=1S/C21H24N4O2S/c1-5-25-20(16-8-6-7-9-18(16)27-4)23-24-21(25)28-13-19(26)22-17-12-14(2)10-11-15(17)3/h6-12H,5,13H2,1-4H3,(H,22,26). The van der Waals surface area contributed by atoms with E-state index in [9.17, 15) is 4.79 Å². The number of ether oxygens (including phenoxy) is 1. The molecule has 1 aromatic heterocycles. The monoisotopic (exact) mass is 396 g/mol. The van der Waals surface area contributed by atoms with Gasteiger partial charge in [-0.1, -0.05) is 36.0 Å². The third kappa shape index (κ3) is 4.36. The third-order valence-corrected chi connectivity index (χ3v) is 5.35. The van der Waals surface area contributed by atoms with Gasteiger partial charge in [0.2, 0.25) is 5.91 Å². The Bertz CT molecular complexity index is 984. The second kappa shape index (κ2) is 8.93. The lowest BCUT2D eigenvalue weighted by atomic mass is 10.1. The summed E-state index contributed by atoms with van der Waals surface area (Å²) in [6.45, 7) is 6.71. The van der Waals surface area contributed by atoms with Gasteiger partial charge in [-0.05, 0) is 50.1 Å². The first-order valence-corrected chi connectivity index (χ1v) is 10.1. The van der Waals surface area contributed by atoms with E-state index in [-0.39, 0.29) is 11.7 Å². The molecule has 146 valence electrons. The zero-order valence-corrected chi connectivity index (χ0v) is 17.3. The number of carbonyl (C=O) groups excluding carboxylic acids is 1. The van der Waals surface area contributed by atoms with Crippen LogP contribution in [0.4, 0.5) is 5.69 Å². The van der Waals surface area contributed by atoms with Crippen LogP contribution in [0.1, 0.15) is 18.1 Å². The highest BCUT2D eigenvalue weighted by Crippen LogP contribution is 2.30. The Labute approximate surface area is 169 Å². The summed E-state index contributed by atoms with van der Waals surface area (Å²) in [5.41, 5.74) is 3.88. The minimum Gasteiger partial charge on any atom is -0.496 e. The van der Waals surface area contributed by atoms with E-state index >= 15 is 0 Å². The van der Waals surface area contributed by atoms with Gasteiger partial charge in [0.1, 0.15) is 5.75 Å². The predicted octanol–water partition coefficient (Wildman–Crippen LogP) is 4.32. The molecule has 1 heterocycles. The molecule has 0 atom stereocenters. The Morgan fingerprint density at radius 3 is 2.71 bits per heavy atom. The maximum Gasteiger partial charge on any atom is 0.234 e. The number of aromatic nitrogens is 3. The van der Waals surface area contributed by atoms with E-state index in [4.69, 9.17) is 4.74 Å². The Morgan fingerprint density at radius 2 is 1.96 bits per heavy atom. The average Bonchev–Trinajstić information content (AvgIpc) is 3.11. The van der Waals surface area contributed by atoms with Crippen molar-refractivity contribution in [1.82, 2.24) is 14.8 Å². The van der Waals surface area contributed by atoms with Crippen molar-refractivity contribution in [2.24, 2.45) is 0 Å². The number of carbonyl (C=O) groups is 1. The number of benzene rings is 2. The van der Waals surface area contributed by atoms with Gasteiger partial charge < -0.3 is 14.6 Å². The number of anilines is 1. The fourth-order valence-electron chi connectivity index (χ4n) is 2.90. The quantitative estimate of drug-likeness (QED) is 0.602. The molecule has 0 saturated heterocycles. The molecule has 0 saturated carbocycles. The van der Waals surface area contributed by atoms with E-state index in [0.717, 1.165) is 34.0 Å². The van der Waals surface area contributed by atoms with Crippen molar-refractivity contribution in [1.29, 1.82) is 0 Å². The van der Waals surface area contributed by atoms with Crippen LogP contribution in [-0.2, 0) is 11.3 Å². The summed E-state index contributed by atoms with van der Waals surface area (Å²) in [7, 11) is 1.64. The first-order chi connectivity index (χ1) is 13.5. The summed E-state index contributed by atoms with van der Waals surface area (Å²) in [5, 5.41) is 12.3. The van der Waals surface area contributed by atoms with Crippen molar-refractivity contribution in [3.05, 3.63) is 53.6 Å². The summed E-state index contributed by atoms with van der Waals surface area (Å²) >= 11 is 1.37. The van der Waals surface area contributed by atoms with Gasteiger partial charge in [0.05, 0.1) is 18.4 Å². The van der Waals surface area contributed by atoms with Crippen molar-refractivity contribution in [3.8, 4) is 17.1 Å². The normalized spacial score (nSPS) is 10.7. The summed E-state index contributed by atoms with van der Waals surface area (Å²) in [6, 6.07) is 13.7. The van der Waals surface area contributed by atoms with Crippen molar-refractivity contribution in [2.75, 3.05) is 18.2 Å². The number of nitrogens with one attached hydrogen (secondary N) is 1. The van der Waals surface area contributed by atoms with Gasteiger partial charge in [-0.3, -0.25) is 4.79 Å². The number of thioether (sulfide) groups is 1. The zero-order chi connectivity index (χ0) is 20.1. The number of hydrogen-bond donors (Lipinski definition) is 1. The van der Waals surface area contributed by atoms with Crippen LogP contribution < -0.4 is 10.1 Å². The van der Waals surface area contributed by atoms with Crippen LogP contribution in [0.2, 0.25) is 0 Å². The van der Waals surface area contributed by atoms with Gasteiger partial charge in [0.25, 0.3) is 0 Å². The van der Waals surface area contributed by atoms with Crippen molar-refractivity contribution in [2.45, 2.75) is 32.5 Å². The fourth-order valence-corrected chi connectivity index (χ4v) is 3.70. The molecule has 0 spiro atoms. The van der Waals surface area contributed by atoms with Gasteiger partial charge in [0.15, 0.2) is 11.0 Å². The molecule has 7 heteroatoms. The second-order valence-corrected chi connectivity index (χ2v) is 7.35. The molecule has 3 rings (SSSR count). The Balaban J connectivity index is 1.74. The lowest BCUT2D eigenvalue weighted by molar-refractivity contribution is -0.113. The lowest BCUT2D eigenvalue weighted by Crippen LogP contribution is -2.15. The maximum atomic E-state index is 12.4. The Morgan fingerprint density at radius 1 is 1.18 bits per heavy atom. The number of methoxy groups -OCH3 is 1. The lowest BCUT2D eigenvalue weighted by Gasteiger charge is -2.11. The molecule has 0 aliphatic carbocycles. The van der Waals surface area contributed by atoms with Gasteiger partial charge in [-0.25, -0.2) is 0 Å². The summed E-state index contributed by atoms with van der Waals surface area (Å²) in [5.74, 6) is 1.67. The molecule has 1 amide bonds. The van der Waals surface area contributed by atoms with Crippen LogP contribution in [0.3, 0.4) is 0 Å². The molecular formula is C21H24N4O2S. The zero-order valence-electron chi connectivity index (χ0n) is 16.5. The van der Waals surface area contributed by atoms with Crippen LogP contribution in [0.5, 0.6) is 5.75 Å². The molecular weight excluding hydrogens is 372 g/mol. The number of para-hydroxylation sites is 1. The minimum absolute atomic E-state index is 0.0665. The molecule has 1 N–H and O–H groups in total. The second-order valence-electron chi connectivity index (χ2n) is 6.41. The number of amides is 1. The number of rotatable bonds is 7. The molecule has 0 bridgehead atoms. The van der Waals surface area contributed by atoms with Crippen LogP contribution in [0, 0.1) is 13.8 Å². The first kappa shape index (κ1) is 19.9. The topological polar surface area (TPSA) is 69.0 Å². The van der Waals surface area contributed by atoms with E-state index < -0.39 is 0 Å². The Hall–Kier alpha value is -2.80. The molecule has 0 unspecified atom stereocenters. The SMILES string of the molecule is CCn1c(SCC(=O)Nc2cc(C)ccc2C)nnc1-c1ccccc1OC. The molecule has 3 aromatic rings. The number of nitrogens with zero attached hydrogens (tertiary/aromatic N) is 3. The minimum atomic E-state index is -0.0665. The number of aryl methyl sites for hydroxylation is 2. The van der Waals surface area contributed by atoms with Crippen LogP contribution >= 0.6 is 11.8 Å². The van der Waals surface area contributed by atoms with E-state index in [0.29, 0.717) is 11.7 Å². The fraction of sp³-hybridized carbons (Fsp3) is 0.286. The summed E-state index contributed by atoms with van der Waals surface area (Å²) < 4.78 is 7.44. The van der Waals surface area contributed by atoms with E-state index in [1.165, 1.54) is 11.8 Å². The van der Waals surface area contributed by atoms with Gasteiger partial charge >= 0.3 is 0 Å². The maximum absolute atomic E-state index is 12.4. The van der Waals surface area contributed by atoms with E-state index in [2.05, 4.69) is 15.5 Å². The molecule has 6 nitrogen and oxygen atoms in total. The van der Waals surface area contributed by atoms with Crippen LogP contribution in [0.25, 0.3) is 11.4 Å². The summed E-state index contributed by atoms with van der Waals surface area (Å²) in [6.07, 6.45) is 0. The smallest absolute Gasteiger partial charge is 0.234 e. The predicted molar refractivity (Wildman–Crippen MR) is 113 cm³/mol. The Kier molecular flexibility index (Phi) is 6.36. The molecule has 0 aliphatic heterocycles. The van der Waals surface area contributed by atoms with Gasteiger partial charge in [-0.15, -0.1) is 10.2 Å². The third-order valence-electron chi connectivity index (χ3n) is 4.38. The molecule has 28 heavy (non-hydrogen) atoms. The highest BCUT2D eigenvalue weighted by atomic mass is 32.2. The largest absolute Gasteiger partial charge is 0.496 e. The van der Waals surface area contributed by atoms with Crippen LogP contribution in [0.15, 0.2) is 47.6 Å². The summed E-state index contributed by atoms with van der Waals surface area (Å²) in [4.78, 5) is 12.4. The van der Waals surface area contributed by atoms with E-state index in [1.807, 2.05) is 67.8 Å². The highest BCUT2D eigenvalue weighted by Gasteiger charge is 2.17. The molecule has 0 fully saturated rings. The highest BCUT2D eigenvalue weighted by molar-refractivity contribution is 7.99.